The first-order valence-electron chi connectivity index (χ1n) is 9.82. The summed E-state index contributed by atoms with van der Waals surface area (Å²) in [5.74, 6) is 3.26. The van der Waals surface area contributed by atoms with Crippen molar-refractivity contribution in [3.05, 3.63) is 36.2 Å². The molecule has 1 aromatic carbocycles. The van der Waals surface area contributed by atoms with E-state index in [1.807, 2.05) is 18.2 Å². The normalized spacial score (nSPS) is 18.6. The molecule has 2 unspecified atom stereocenters. The number of likely N-dealkylation sites (N-methyl/N-ethyl adjacent to an activating group) is 1. The molecule has 7 heteroatoms. The van der Waals surface area contributed by atoms with Gasteiger partial charge >= 0.3 is 0 Å². The van der Waals surface area contributed by atoms with Crippen LogP contribution in [0.15, 0.2) is 30.6 Å². The van der Waals surface area contributed by atoms with Crippen molar-refractivity contribution >= 4 is 11.6 Å². The zero-order valence-electron chi connectivity index (χ0n) is 17.5. The average Bonchev–Trinajstić information content (AvgIpc) is 2.73. The third-order valence-electron chi connectivity index (χ3n) is 5.48. The highest BCUT2D eigenvalue weighted by Crippen LogP contribution is 2.37. The maximum atomic E-state index is 5.62. The predicted octanol–water partition coefficient (Wildman–Crippen LogP) is 3.20. The Labute approximate surface area is 167 Å². The minimum Gasteiger partial charge on any atom is -0.493 e. The molecule has 2 heterocycles. The first kappa shape index (κ1) is 20.2. The molecule has 152 valence electrons. The van der Waals surface area contributed by atoms with Crippen LogP contribution in [0.5, 0.6) is 11.5 Å². The van der Waals surface area contributed by atoms with Gasteiger partial charge in [-0.15, -0.1) is 0 Å². The summed E-state index contributed by atoms with van der Waals surface area (Å²) in [6, 6.07) is 8.55. The molecule has 2 atom stereocenters. The molecular weight excluding hydrogens is 354 g/mol. The van der Waals surface area contributed by atoms with Crippen molar-refractivity contribution in [2.24, 2.45) is 0 Å². The molecule has 1 aromatic heterocycles. The largest absolute Gasteiger partial charge is 0.493 e. The van der Waals surface area contributed by atoms with Crippen LogP contribution < -0.4 is 19.7 Å². The molecule has 7 nitrogen and oxygen atoms in total. The Morgan fingerprint density at radius 3 is 2.71 bits per heavy atom. The molecule has 28 heavy (non-hydrogen) atoms. The average molecular weight is 386 g/mol. The van der Waals surface area contributed by atoms with Gasteiger partial charge in [-0.2, -0.15) is 0 Å². The van der Waals surface area contributed by atoms with Crippen LogP contribution in [0.2, 0.25) is 0 Å². The number of methoxy groups -OCH3 is 2. The zero-order valence-corrected chi connectivity index (χ0v) is 17.5. The van der Waals surface area contributed by atoms with Crippen molar-refractivity contribution in [1.82, 2.24) is 14.9 Å². The van der Waals surface area contributed by atoms with E-state index in [4.69, 9.17) is 9.47 Å². The Kier molecular flexibility index (Phi) is 6.57. The van der Waals surface area contributed by atoms with Gasteiger partial charge in [0.25, 0.3) is 0 Å². The van der Waals surface area contributed by atoms with Crippen molar-refractivity contribution in [3.63, 3.8) is 0 Å². The lowest BCUT2D eigenvalue weighted by Crippen LogP contribution is -2.50. The molecule has 0 spiro atoms. The topological polar surface area (TPSA) is 62.8 Å². The fraction of sp³-hybridized carbons (Fsp3) is 0.524. The second kappa shape index (κ2) is 9.10. The summed E-state index contributed by atoms with van der Waals surface area (Å²) in [6.45, 7) is 7.36. The number of nitrogens with one attached hydrogen (secondary N) is 1. The lowest BCUT2D eigenvalue weighted by atomic mass is 10.0. The third-order valence-corrected chi connectivity index (χ3v) is 5.48. The molecule has 0 radical (unpaired) electrons. The number of benzene rings is 1. The van der Waals surface area contributed by atoms with Crippen molar-refractivity contribution in [1.29, 1.82) is 0 Å². The van der Waals surface area contributed by atoms with Gasteiger partial charge in [0.05, 0.1) is 20.3 Å². The highest BCUT2D eigenvalue weighted by molar-refractivity contribution is 5.53. The Morgan fingerprint density at radius 2 is 2.04 bits per heavy atom. The quantitative estimate of drug-likeness (QED) is 0.785. The standard InChI is InChI=1S/C21H31N5O2/c1-6-17(16-8-7-9-18(27-4)21(16)28-5)24-19-12-20(23-14-22-19)26-11-10-25(3)15(2)13-26/h7-9,12,14-15,17H,6,10-11,13H2,1-5H3,(H,22,23,24). The van der Waals surface area contributed by atoms with E-state index in [-0.39, 0.29) is 6.04 Å². The number of para-hydroxylation sites is 1. The number of nitrogens with zero attached hydrogens (tertiary/aromatic N) is 4. The van der Waals surface area contributed by atoms with Gasteiger partial charge in [-0.05, 0) is 26.5 Å². The first-order valence-corrected chi connectivity index (χ1v) is 9.82. The van der Waals surface area contributed by atoms with Crippen LogP contribution in [0, 0.1) is 0 Å². The Bertz CT molecular complexity index is 785. The molecule has 0 saturated carbocycles. The number of hydrogen-bond donors (Lipinski definition) is 1. The van der Waals surface area contributed by atoms with E-state index in [1.165, 1.54) is 0 Å². The molecular formula is C21H31N5O2. The van der Waals surface area contributed by atoms with Crippen LogP contribution in [0.3, 0.4) is 0 Å². The van der Waals surface area contributed by atoms with Gasteiger partial charge in [0.2, 0.25) is 0 Å². The van der Waals surface area contributed by atoms with Gasteiger partial charge in [0.15, 0.2) is 11.5 Å². The molecule has 3 rings (SSSR count). The Hall–Kier alpha value is -2.54. The highest BCUT2D eigenvalue weighted by Gasteiger charge is 2.23. The lowest BCUT2D eigenvalue weighted by Gasteiger charge is -2.38. The number of rotatable bonds is 7. The number of aromatic nitrogens is 2. The highest BCUT2D eigenvalue weighted by atomic mass is 16.5. The molecule has 1 aliphatic heterocycles. The lowest BCUT2D eigenvalue weighted by molar-refractivity contribution is 0.233. The number of anilines is 2. The van der Waals surface area contributed by atoms with Gasteiger partial charge in [0.1, 0.15) is 18.0 Å². The second-order valence-electron chi connectivity index (χ2n) is 7.23. The number of ether oxygens (including phenoxy) is 2. The van der Waals surface area contributed by atoms with Gasteiger partial charge in [-0.1, -0.05) is 19.1 Å². The van der Waals surface area contributed by atoms with Gasteiger partial charge in [-0.25, -0.2) is 9.97 Å². The summed E-state index contributed by atoms with van der Waals surface area (Å²) >= 11 is 0. The molecule has 1 N–H and O–H groups in total. The van der Waals surface area contributed by atoms with E-state index >= 15 is 0 Å². The van der Waals surface area contributed by atoms with E-state index in [0.29, 0.717) is 6.04 Å². The van der Waals surface area contributed by atoms with E-state index in [0.717, 1.165) is 54.8 Å². The van der Waals surface area contributed by atoms with Gasteiger partial charge in [-0.3, -0.25) is 0 Å². The van der Waals surface area contributed by atoms with Crippen LogP contribution in [-0.4, -0.2) is 61.8 Å². The summed E-state index contributed by atoms with van der Waals surface area (Å²) < 4.78 is 11.1. The molecule has 1 fully saturated rings. The summed E-state index contributed by atoms with van der Waals surface area (Å²) in [5, 5.41) is 3.55. The van der Waals surface area contributed by atoms with E-state index in [9.17, 15) is 0 Å². The fourth-order valence-corrected chi connectivity index (χ4v) is 3.62. The van der Waals surface area contributed by atoms with Crippen LogP contribution in [-0.2, 0) is 0 Å². The van der Waals surface area contributed by atoms with Crippen molar-refractivity contribution in [2.45, 2.75) is 32.4 Å². The number of piperazine rings is 1. The first-order chi connectivity index (χ1) is 13.6. The number of hydrogen-bond acceptors (Lipinski definition) is 7. The van der Waals surface area contributed by atoms with Crippen LogP contribution in [0.4, 0.5) is 11.6 Å². The summed E-state index contributed by atoms with van der Waals surface area (Å²) in [7, 11) is 5.50. The second-order valence-corrected chi connectivity index (χ2v) is 7.23. The minimum atomic E-state index is 0.0548. The zero-order chi connectivity index (χ0) is 20.1. The maximum absolute atomic E-state index is 5.62. The molecule has 1 aliphatic rings. The van der Waals surface area contributed by atoms with E-state index < -0.39 is 0 Å². The molecule has 0 aliphatic carbocycles. The van der Waals surface area contributed by atoms with E-state index in [2.05, 4.69) is 52.0 Å². The fourth-order valence-electron chi connectivity index (χ4n) is 3.62. The van der Waals surface area contributed by atoms with Gasteiger partial charge < -0.3 is 24.6 Å². The molecule has 1 saturated heterocycles. The monoisotopic (exact) mass is 385 g/mol. The Balaban J connectivity index is 1.81. The molecule has 0 bridgehead atoms. The van der Waals surface area contributed by atoms with Crippen LogP contribution in [0.1, 0.15) is 31.9 Å². The van der Waals surface area contributed by atoms with Crippen molar-refractivity contribution < 1.29 is 9.47 Å². The molecule has 2 aromatic rings. The minimum absolute atomic E-state index is 0.0548. The summed E-state index contributed by atoms with van der Waals surface area (Å²) in [4.78, 5) is 13.6. The van der Waals surface area contributed by atoms with Crippen LogP contribution >= 0.6 is 0 Å². The summed E-state index contributed by atoms with van der Waals surface area (Å²) in [6.07, 6.45) is 2.52. The third kappa shape index (κ3) is 4.30. The smallest absolute Gasteiger partial charge is 0.165 e. The van der Waals surface area contributed by atoms with E-state index in [1.54, 1.807) is 20.5 Å². The van der Waals surface area contributed by atoms with Crippen molar-refractivity contribution in [3.8, 4) is 11.5 Å². The van der Waals surface area contributed by atoms with Gasteiger partial charge in [0, 0.05) is 37.3 Å². The van der Waals surface area contributed by atoms with Crippen LogP contribution in [0.25, 0.3) is 0 Å². The van der Waals surface area contributed by atoms with Crippen molar-refractivity contribution in [2.75, 3.05) is 51.1 Å². The molecule has 0 amide bonds. The summed E-state index contributed by atoms with van der Waals surface area (Å²) in [5.41, 5.74) is 1.05. The predicted molar refractivity (Wildman–Crippen MR) is 113 cm³/mol. The Morgan fingerprint density at radius 1 is 1.21 bits per heavy atom. The maximum Gasteiger partial charge on any atom is 0.165 e. The SMILES string of the molecule is CCC(Nc1cc(N2CCN(C)C(C)C2)ncn1)c1cccc(OC)c1OC.